The second-order valence-electron chi connectivity index (χ2n) is 4.47. The fourth-order valence-corrected chi connectivity index (χ4v) is 1.50. The van der Waals surface area contributed by atoms with Crippen molar-refractivity contribution in [2.75, 3.05) is 0 Å². The fraction of sp³-hybridized carbons (Fsp3) is 0.667. The van der Waals surface area contributed by atoms with Gasteiger partial charge in [-0.15, -0.1) is 0 Å². The van der Waals surface area contributed by atoms with Crippen molar-refractivity contribution in [3.63, 3.8) is 0 Å². The van der Waals surface area contributed by atoms with Crippen molar-refractivity contribution in [3.8, 4) is 0 Å². The van der Waals surface area contributed by atoms with Gasteiger partial charge in [0.15, 0.2) is 0 Å². The van der Waals surface area contributed by atoms with E-state index in [1.807, 2.05) is 6.08 Å². The highest BCUT2D eigenvalue weighted by molar-refractivity contribution is 5.87. The van der Waals surface area contributed by atoms with E-state index in [0.29, 0.717) is 5.57 Å². The molecule has 17 heavy (non-hydrogen) atoms. The standard InChI is InChI=1S/C15H26O2/c1-4-5-6-7-8-9-10-11-12-13-17-15(16)14(2)3/h12-13H,2,4-11H2,1,3H3/b13-12+. The molecule has 0 aromatic carbocycles. The van der Waals surface area contributed by atoms with Crippen LogP contribution >= 0.6 is 0 Å². The second kappa shape index (κ2) is 11.4. The number of ether oxygens (including phenoxy) is 1. The Labute approximate surface area is 106 Å². The maximum absolute atomic E-state index is 11.0. The van der Waals surface area contributed by atoms with Gasteiger partial charge in [0.25, 0.3) is 0 Å². The SMILES string of the molecule is C=C(C)C(=O)O/C=C/CCCCCCCCC. The number of rotatable bonds is 10. The Morgan fingerprint density at radius 3 is 2.29 bits per heavy atom. The van der Waals surface area contributed by atoms with Crippen molar-refractivity contribution < 1.29 is 9.53 Å². The van der Waals surface area contributed by atoms with Crippen LogP contribution in [0.15, 0.2) is 24.5 Å². The van der Waals surface area contributed by atoms with Gasteiger partial charge in [0, 0.05) is 5.57 Å². The molecule has 0 spiro atoms. The third kappa shape index (κ3) is 11.2. The Kier molecular flexibility index (Phi) is 10.7. The van der Waals surface area contributed by atoms with Crippen LogP contribution in [-0.4, -0.2) is 5.97 Å². The lowest BCUT2D eigenvalue weighted by atomic mass is 10.1. The maximum Gasteiger partial charge on any atom is 0.337 e. The van der Waals surface area contributed by atoms with E-state index in [-0.39, 0.29) is 5.97 Å². The van der Waals surface area contributed by atoms with Gasteiger partial charge in [0.2, 0.25) is 0 Å². The first-order valence-electron chi connectivity index (χ1n) is 6.70. The van der Waals surface area contributed by atoms with E-state index >= 15 is 0 Å². The van der Waals surface area contributed by atoms with Crippen LogP contribution in [0.4, 0.5) is 0 Å². The average molecular weight is 238 g/mol. The van der Waals surface area contributed by atoms with Gasteiger partial charge in [-0.05, 0) is 25.8 Å². The van der Waals surface area contributed by atoms with Gasteiger partial charge in [-0.3, -0.25) is 0 Å². The molecule has 0 amide bonds. The zero-order chi connectivity index (χ0) is 12.9. The zero-order valence-electron chi connectivity index (χ0n) is 11.3. The molecule has 0 heterocycles. The normalized spacial score (nSPS) is 10.7. The summed E-state index contributed by atoms with van der Waals surface area (Å²) in [5, 5.41) is 0. The molecule has 0 atom stereocenters. The van der Waals surface area contributed by atoms with Crippen LogP contribution in [-0.2, 0) is 9.53 Å². The Morgan fingerprint density at radius 1 is 1.12 bits per heavy atom. The number of unbranched alkanes of at least 4 members (excludes halogenated alkanes) is 7. The monoisotopic (exact) mass is 238 g/mol. The second-order valence-corrected chi connectivity index (χ2v) is 4.47. The quantitative estimate of drug-likeness (QED) is 0.237. The molecular weight excluding hydrogens is 212 g/mol. The number of carbonyl (C=O) groups is 1. The Hall–Kier alpha value is -1.05. The van der Waals surface area contributed by atoms with Crippen molar-refractivity contribution in [1.29, 1.82) is 0 Å². The van der Waals surface area contributed by atoms with Gasteiger partial charge in [-0.1, -0.05) is 52.0 Å². The number of esters is 1. The lowest BCUT2D eigenvalue weighted by molar-refractivity contribution is -0.133. The molecule has 98 valence electrons. The van der Waals surface area contributed by atoms with Crippen molar-refractivity contribution in [2.24, 2.45) is 0 Å². The molecule has 0 aliphatic heterocycles. The first kappa shape index (κ1) is 16.0. The molecular formula is C15H26O2. The molecule has 0 aromatic heterocycles. The molecule has 0 rings (SSSR count). The predicted molar refractivity (Wildman–Crippen MR) is 72.7 cm³/mol. The zero-order valence-corrected chi connectivity index (χ0v) is 11.3. The average Bonchev–Trinajstić information content (AvgIpc) is 2.31. The van der Waals surface area contributed by atoms with Gasteiger partial charge in [-0.25, -0.2) is 4.79 Å². The summed E-state index contributed by atoms with van der Waals surface area (Å²) in [5.74, 6) is -0.346. The highest BCUT2D eigenvalue weighted by atomic mass is 16.5. The van der Waals surface area contributed by atoms with E-state index in [0.717, 1.165) is 6.42 Å². The first-order chi connectivity index (χ1) is 8.18. The lowest BCUT2D eigenvalue weighted by Gasteiger charge is -1.99. The molecule has 0 saturated heterocycles. The smallest absolute Gasteiger partial charge is 0.337 e. The van der Waals surface area contributed by atoms with Gasteiger partial charge < -0.3 is 4.74 Å². The molecule has 2 nitrogen and oxygen atoms in total. The third-order valence-electron chi connectivity index (χ3n) is 2.59. The van der Waals surface area contributed by atoms with E-state index < -0.39 is 0 Å². The minimum Gasteiger partial charge on any atom is -0.431 e. The van der Waals surface area contributed by atoms with E-state index in [4.69, 9.17) is 4.74 Å². The summed E-state index contributed by atoms with van der Waals surface area (Å²) in [6, 6.07) is 0. The Bertz CT molecular complexity index is 241. The molecule has 0 fully saturated rings. The maximum atomic E-state index is 11.0. The van der Waals surface area contributed by atoms with Crippen LogP contribution in [0.2, 0.25) is 0 Å². The van der Waals surface area contributed by atoms with E-state index in [1.165, 1.54) is 51.2 Å². The number of carbonyl (C=O) groups excluding carboxylic acids is 1. The largest absolute Gasteiger partial charge is 0.431 e. The summed E-state index contributed by atoms with van der Waals surface area (Å²) in [6.45, 7) is 7.39. The van der Waals surface area contributed by atoms with Crippen LogP contribution in [0, 0.1) is 0 Å². The summed E-state index contributed by atoms with van der Waals surface area (Å²) in [7, 11) is 0. The van der Waals surface area contributed by atoms with Crippen molar-refractivity contribution in [2.45, 2.75) is 65.2 Å². The molecule has 0 radical (unpaired) electrons. The molecule has 0 aliphatic carbocycles. The van der Waals surface area contributed by atoms with Gasteiger partial charge >= 0.3 is 5.97 Å². The highest BCUT2D eigenvalue weighted by Gasteiger charge is 1.98. The highest BCUT2D eigenvalue weighted by Crippen LogP contribution is 2.08. The van der Waals surface area contributed by atoms with Crippen molar-refractivity contribution in [1.82, 2.24) is 0 Å². The van der Waals surface area contributed by atoms with Crippen LogP contribution < -0.4 is 0 Å². The molecule has 0 unspecified atom stereocenters. The number of hydrogen-bond donors (Lipinski definition) is 0. The number of hydrogen-bond acceptors (Lipinski definition) is 2. The lowest BCUT2D eigenvalue weighted by Crippen LogP contribution is -1.98. The first-order valence-corrected chi connectivity index (χ1v) is 6.70. The van der Waals surface area contributed by atoms with E-state index in [9.17, 15) is 4.79 Å². The summed E-state index contributed by atoms with van der Waals surface area (Å²) >= 11 is 0. The predicted octanol–water partition coefficient (Wildman–Crippen LogP) is 4.76. The van der Waals surface area contributed by atoms with Crippen LogP contribution in [0.5, 0.6) is 0 Å². The van der Waals surface area contributed by atoms with Gasteiger partial charge in [0.1, 0.15) is 0 Å². The minimum absolute atomic E-state index is 0.346. The van der Waals surface area contributed by atoms with E-state index in [2.05, 4.69) is 13.5 Å². The van der Waals surface area contributed by atoms with Crippen molar-refractivity contribution in [3.05, 3.63) is 24.5 Å². The van der Waals surface area contributed by atoms with Crippen LogP contribution in [0.25, 0.3) is 0 Å². The molecule has 0 saturated carbocycles. The molecule has 0 aliphatic rings. The van der Waals surface area contributed by atoms with Crippen molar-refractivity contribution >= 4 is 5.97 Å². The van der Waals surface area contributed by atoms with Gasteiger partial charge in [0.05, 0.1) is 6.26 Å². The number of allylic oxidation sites excluding steroid dienone is 1. The van der Waals surface area contributed by atoms with Crippen LogP contribution in [0.3, 0.4) is 0 Å². The summed E-state index contributed by atoms with van der Waals surface area (Å²) in [4.78, 5) is 11.0. The van der Waals surface area contributed by atoms with Crippen LogP contribution in [0.1, 0.15) is 65.2 Å². The van der Waals surface area contributed by atoms with Gasteiger partial charge in [-0.2, -0.15) is 0 Å². The van der Waals surface area contributed by atoms with E-state index in [1.54, 1.807) is 6.92 Å². The molecule has 0 bridgehead atoms. The summed E-state index contributed by atoms with van der Waals surface area (Å²) in [5.41, 5.74) is 0.436. The Balaban J connectivity index is 3.25. The Morgan fingerprint density at radius 2 is 1.71 bits per heavy atom. The third-order valence-corrected chi connectivity index (χ3v) is 2.59. The summed E-state index contributed by atoms with van der Waals surface area (Å²) < 4.78 is 4.84. The molecule has 0 N–H and O–H groups in total. The summed E-state index contributed by atoms with van der Waals surface area (Å²) in [6.07, 6.45) is 13.5. The topological polar surface area (TPSA) is 26.3 Å². The molecule has 0 aromatic rings. The molecule has 2 heteroatoms. The fourth-order valence-electron chi connectivity index (χ4n) is 1.50. The minimum atomic E-state index is -0.346.